The van der Waals surface area contributed by atoms with Gasteiger partial charge in [0.15, 0.2) is 0 Å². The van der Waals surface area contributed by atoms with Crippen LogP contribution in [0.25, 0.3) is 0 Å². The van der Waals surface area contributed by atoms with E-state index in [4.69, 9.17) is 45.3 Å². The molecule has 0 bridgehead atoms. The minimum Gasteiger partial charge on any atom is -0.493 e. The largest absolute Gasteiger partial charge is 0.493 e. The fraction of sp³-hybridized carbons (Fsp3) is 0.200. The van der Waals surface area contributed by atoms with Crippen molar-refractivity contribution in [3.63, 3.8) is 0 Å². The summed E-state index contributed by atoms with van der Waals surface area (Å²) in [4.78, 5) is 0. The van der Waals surface area contributed by atoms with Crippen LogP contribution in [0.4, 0.5) is 0 Å². The molecule has 2 aromatic rings. The molecule has 2 aromatic carbocycles. The predicted molar refractivity (Wildman–Crippen MR) is 83.1 cm³/mol. The first kappa shape index (κ1) is 14.0. The van der Waals surface area contributed by atoms with Gasteiger partial charge in [-0.3, -0.25) is 0 Å². The quantitative estimate of drug-likeness (QED) is 0.872. The van der Waals surface area contributed by atoms with Crippen molar-refractivity contribution in [1.82, 2.24) is 0 Å². The zero-order chi connectivity index (χ0) is 14.3. The molecule has 1 unspecified atom stereocenters. The molecule has 0 amide bonds. The molecule has 5 heteroatoms. The molecule has 0 saturated heterocycles. The molecule has 20 heavy (non-hydrogen) atoms. The highest BCUT2D eigenvalue weighted by Gasteiger charge is 2.24. The monoisotopic (exact) mass is 327 g/mol. The van der Waals surface area contributed by atoms with E-state index >= 15 is 0 Å². The summed E-state index contributed by atoms with van der Waals surface area (Å²) in [5.74, 6) is 0.818. The normalized spacial score (nSPS) is 14.8. The smallest absolute Gasteiger partial charge is 0.127 e. The van der Waals surface area contributed by atoms with E-state index in [1.165, 1.54) is 0 Å². The third-order valence-corrected chi connectivity index (χ3v) is 4.48. The van der Waals surface area contributed by atoms with E-state index in [9.17, 15) is 0 Å². The number of benzene rings is 2. The van der Waals surface area contributed by atoms with Gasteiger partial charge in [-0.25, -0.2) is 0 Å². The van der Waals surface area contributed by atoms with Crippen molar-refractivity contribution in [3.8, 4) is 5.75 Å². The molecular weight excluding hydrogens is 317 g/mol. The first-order chi connectivity index (χ1) is 9.58. The van der Waals surface area contributed by atoms with E-state index in [0.717, 1.165) is 28.9 Å². The minimum absolute atomic E-state index is 0.424. The Hall–Kier alpha value is -0.930. The van der Waals surface area contributed by atoms with Crippen molar-refractivity contribution in [2.75, 3.05) is 6.61 Å². The summed E-state index contributed by atoms with van der Waals surface area (Å²) in [5.41, 5.74) is 9.04. The van der Waals surface area contributed by atoms with Gasteiger partial charge in [0.1, 0.15) is 5.75 Å². The first-order valence-electron chi connectivity index (χ1n) is 6.22. The molecule has 104 valence electrons. The molecule has 1 aliphatic rings. The Kier molecular flexibility index (Phi) is 3.83. The van der Waals surface area contributed by atoms with Crippen LogP contribution in [0.1, 0.15) is 22.7 Å². The Balaban J connectivity index is 2.11. The fourth-order valence-electron chi connectivity index (χ4n) is 2.46. The van der Waals surface area contributed by atoms with Crippen molar-refractivity contribution < 1.29 is 4.74 Å². The highest BCUT2D eigenvalue weighted by molar-refractivity contribution is 6.42. The van der Waals surface area contributed by atoms with Crippen LogP contribution >= 0.6 is 34.8 Å². The van der Waals surface area contributed by atoms with Crippen molar-refractivity contribution in [3.05, 3.63) is 62.1 Å². The Bertz CT molecular complexity index is 672. The Morgan fingerprint density at radius 3 is 2.70 bits per heavy atom. The van der Waals surface area contributed by atoms with E-state index in [2.05, 4.69) is 0 Å². The maximum atomic E-state index is 6.35. The summed E-state index contributed by atoms with van der Waals surface area (Å²) in [7, 11) is 0. The molecule has 0 saturated carbocycles. The van der Waals surface area contributed by atoms with Gasteiger partial charge in [-0.1, -0.05) is 46.9 Å². The Morgan fingerprint density at radius 2 is 1.90 bits per heavy atom. The van der Waals surface area contributed by atoms with Gasteiger partial charge < -0.3 is 10.5 Å². The zero-order valence-corrected chi connectivity index (χ0v) is 12.8. The maximum Gasteiger partial charge on any atom is 0.127 e. The van der Waals surface area contributed by atoms with Gasteiger partial charge in [-0.15, -0.1) is 0 Å². The molecule has 2 nitrogen and oxygen atoms in total. The number of halogens is 3. The van der Waals surface area contributed by atoms with Gasteiger partial charge in [0.05, 0.1) is 22.7 Å². The van der Waals surface area contributed by atoms with Gasteiger partial charge >= 0.3 is 0 Å². The Morgan fingerprint density at radius 1 is 1.10 bits per heavy atom. The van der Waals surface area contributed by atoms with E-state index in [1.54, 1.807) is 6.07 Å². The standard InChI is InChI=1S/C15H12Cl3NO/c16-9-6-8-4-5-20-15(8)11(7-9)14(19)10-2-1-3-12(17)13(10)18/h1-3,6-7,14H,4-5,19H2. The molecule has 0 aromatic heterocycles. The van der Waals surface area contributed by atoms with Gasteiger partial charge in [0.25, 0.3) is 0 Å². The second-order valence-corrected chi connectivity index (χ2v) is 5.92. The molecule has 0 fully saturated rings. The Labute approximate surface area is 132 Å². The summed E-state index contributed by atoms with van der Waals surface area (Å²) >= 11 is 18.5. The van der Waals surface area contributed by atoms with Crippen LogP contribution in [-0.2, 0) is 6.42 Å². The van der Waals surface area contributed by atoms with Gasteiger partial charge in [-0.2, -0.15) is 0 Å². The van der Waals surface area contributed by atoms with E-state index in [0.29, 0.717) is 21.7 Å². The SMILES string of the molecule is NC(c1cccc(Cl)c1Cl)c1cc(Cl)cc2c1OCC2. The predicted octanol–water partition coefficient (Wildman–Crippen LogP) is 4.63. The van der Waals surface area contributed by atoms with Crippen molar-refractivity contribution >= 4 is 34.8 Å². The van der Waals surface area contributed by atoms with Gasteiger partial charge in [0.2, 0.25) is 0 Å². The van der Waals surface area contributed by atoms with Crippen LogP contribution in [0, 0.1) is 0 Å². The highest BCUT2D eigenvalue weighted by atomic mass is 35.5. The number of fused-ring (bicyclic) bond motifs is 1. The summed E-state index contributed by atoms with van der Waals surface area (Å²) in [6.07, 6.45) is 0.846. The lowest BCUT2D eigenvalue weighted by atomic mass is 9.96. The average Bonchev–Trinajstić information content (AvgIpc) is 2.88. The van der Waals surface area contributed by atoms with E-state index in [-0.39, 0.29) is 0 Å². The lowest BCUT2D eigenvalue weighted by molar-refractivity contribution is 0.352. The topological polar surface area (TPSA) is 35.2 Å². The molecule has 1 atom stereocenters. The summed E-state index contributed by atoms with van der Waals surface area (Å²) in [6.45, 7) is 0.651. The molecule has 0 spiro atoms. The summed E-state index contributed by atoms with van der Waals surface area (Å²) in [6, 6.07) is 8.74. The number of ether oxygens (including phenoxy) is 1. The number of hydrogen-bond acceptors (Lipinski definition) is 2. The van der Waals surface area contributed by atoms with Crippen molar-refractivity contribution in [1.29, 1.82) is 0 Å². The number of hydrogen-bond donors (Lipinski definition) is 1. The van der Waals surface area contributed by atoms with Crippen molar-refractivity contribution in [2.45, 2.75) is 12.5 Å². The third kappa shape index (κ3) is 2.38. The number of nitrogens with two attached hydrogens (primary N) is 1. The first-order valence-corrected chi connectivity index (χ1v) is 7.36. The van der Waals surface area contributed by atoms with Crippen LogP contribution < -0.4 is 10.5 Å². The maximum absolute atomic E-state index is 6.35. The average molecular weight is 329 g/mol. The van der Waals surface area contributed by atoms with Crippen LogP contribution in [0.5, 0.6) is 5.75 Å². The molecular formula is C15H12Cl3NO. The number of rotatable bonds is 2. The molecule has 2 N–H and O–H groups in total. The third-order valence-electron chi connectivity index (χ3n) is 3.43. The van der Waals surface area contributed by atoms with E-state index < -0.39 is 6.04 Å². The fourth-order valence-corrected chi connectivity index (χ4v) is 3.13. The van der Waals surface area contributed by atoms with Crippen LogP contribution in [0.3, 0.4) is 0 Å². The summed E-state index contributed by atoms with van der Waals surface area (Å²) in [5, 5.41) is 1.60. The molecule has 1 heterocycles. The van der Waals surface area contributed by atoms with Gasteiger partial charge in [0, 0.05) is 17.0 Å². The summed E-state index contributed by atoms with van der Waals surface area (Å²) < 4.78 is 5.68. The van der Waals surface area contributed by atoms with E-state index in [1.807, 2.05) is 24.3 Å². The lowest BCUT2D eigenvalue weighted by Gasteiger charge is -2.18. The molecule has 3 rings (SSSR count). The van der Waals surface area contributed by atoms with Crippen LogP contribution in [-0.4, -0.2) is 6.61 Å². The molecule has 1 aliphatic heterocycles. The van der Waals surface area contributed by atoms with Crippen LogP contribution in [0.15, 0.2) is 30.3 Å². The zero-order valence-electron chi connectivity index (χ0n) is 10.5. The van der Waals surface area contributed by atoms with Crippen molar-refractivity contribution in [2.24, 2.45) is 5.73 Å². The van der Waals surface area contributed by atoms with Crippen LogP contribution in [0.2, 0.25) is 15.1 Å². The molecule has 0 aliphatic carbocycles. The second kappa shape index (κ2) is 5.45. The lowest BCUT2D eigenvalue weighted by Crippen LogP contribution is -2.13. The minimum atomic E-state index is -0.424. The second-order valence-electron chi connectivity index (χ2n) is 4.70. The molecule has 0 radical (unpaired) electrons. The van der Waals surface area contributed by atoms with Gasteiger partial charge in [-0.05, 0) is 29.3 Å². The highest BCUT2D eigenvalue weighted by Crippen LogP contribution is 2.40.